The lowest BCUT2D eigenvalue weighted by atomic mass is 9.98. The number of nitrogens with one attached hydrogen (secondary N) is 2. The van der Waals surface area contributed by atoms with E-state index in [4.69, 9.17) is 9.90 Å². The number of pyridine rings is 1. The van der Waals surface area contributed by atoms with Crippen LogP contribution >= 0.6 is 0 Å². The Bertz CT molecular complexity index is 1320. The van der Waals surface area contributed by atoms with Gasteiger partial charge in [-0.05, 0) is 66.9 Å². The fourth-order valence-corrected chi connectivity index (χ4v) is 3.41. The van der Waals surface area contributed by atoms with Crippen molar-refractivity contribution in [1.82, 2.24) is 10.3 Å². The molecule has 0 aliphatic heterocycles. The molecule has 2 amide bonds. The van der Waals surface area contributed by atoms with Gasteiger partial charge in [0.15, 0.2) is 0 Å². The zero-order valence-corrected chi connectivity index (χ0v) is 20.5. The van der Waals surface area contributed by atoms with Gasteiger partial charge in [-0.1, -0.05) is 18.2 Å². The fourth-order valence-electron chi connectivity index (χ4n) is 3.41. The summed E-state index contributed by atoms with van der Waals surface area (Å²) in [5.74, 6) is -2.76. The molecule has 0 radical (unpaired) electrons. The van der Waals surface area contributed by atoms with Gasteiger partial charge >= 0.3 is 30.5 Å². The zero-order valence-electron chi connectivity index (χ0n) is 20.5. The first-order valence-electron chi connectivity index (χ1n) is 10.9. The highest BCUT2D eigenvalue weighted by molar-refractivity contribution is 5.90. The molecule has 0 fully saturated rings. The molecule has 0 saturated heterocycles. The first-order valence-corrected chi connectivity index (χ1v) is 10.9. The molecule has 1 atom stereocenters. The molecule has 3 aromatic rings. The molecule has 40 heavy (non-hydrogen) atoms. The van der Waals surface area contributed by atoms with Gasteiger partial charge in [-0.15, -0.1) is 0 Å². The van der Waals surface area contributed by atoms with E-state index in [9.17, 15) is 44.3 Å². The molecule has 0 saturated carbocycles. The van der Waals surface area contributed by atoms with Crippen molar-refractivity contribution in [1.29, 1.82) is 0 Å². The average Bonchev–Trinajstić information content (AvgIpc) is 2.81. The Morgan fingerprint density at radius 3 is 1.80 bits per heavy atom. The monoisotopic (exact) mass is 581 g/mol. The van der Waals surface area contributed by atoms with Gasteiger partial charge in [-0.2, -0.15) is 39.5 Å². The molecule has 3 rings (SSSR count). The number of rotatable bonds is 4. The van der Waals surface area contributed by atoms with Crippen molar-refractivity contribution in [3.8, 4) is 0 Å². The van der Waals surface area contributed by atoms with E-state index >= 15 is 0 Å². The summed E-state index contributed by atoms with van der Waals surface area (Å²) in [7, 11) is 0. The van der Waals surface area contributed by atoms with E-state index < -0.39 is 53.4 Å². The molecule has 0 spiro atoms. The van der Waals surface area contributed by atoms with Crippen LogP contribution in [-0.2, 0) is 17.1 Å². The number of alkyl halides is 9. The lowest BCUT2D eigenvalue weighted by Gasteiger charge is -2.23. The molecular weight excluding hydrogens is 561 g/mol. The van der Waals surface area contributed by atoms with Crippen molar-refractivity contribution in [2.75, 3.05) is 5.32 Å². The number of aryl methyl sites for hydroxylation is 2. The molecule has 3 N–H and O–H groups in total. The van der Waals surface area contributed by atoms with Crippen molar-refractivity contribution in [2.24, 2.45) is 0 Å². The number of urea groups is 1. The van der Waals surface area contributed by atoms with Gasteiger partial charge in [-0.3, -0.25) is 4.98 Å². The van der Waals surface area contributed by atoms with Crippen molar-refractivity contribution in [2.45, 2.75) is 38.4 Å². The minimum absolute atomic E-state index is 0.00257. The van der Waals surface area contributed by atoms with Gasteiger partial charge in [-0.25, -0.2) is 9.59 Å². The summed E-state index contributed by atoms with van der Waals surface area (Å²) in [5, 5.41) is 12.1. The third-order valence-corrected chi connectivity index (χ3v) is 4.99. The van der Waals surface area contributed by atoms with Crippen LogP contribution in [0.5, 0.6) is 0 Å². The number of aromatic nitrogens is 1. The minimum Gasteiger partial charge on any atom is -0.475 e. The maximum atomic E-state index is 13.6. The molecule has 1 aromatic heterocycles. The van der Waals surface area contributed by atoms with Crippen molar-refractivity contribution < 1.29 is 54.2 Å². The number of aliphatic carboxylic acids is 1. The average molecular weight is 581 g/mol. The van der Waals surface area contributed by atoms with Gasteiger partial charge in [0.1, 0.15) is 0 Å². The number of hydrogen-bond donors (Lipinski definition) is 3. The predicted molar refractivity (Wildman–Crippen MR) is 124 cm³/mol. The molecule has 2 aromatic carbocycles. The SMILES string of the molecule is Cc1cc(C)cc(NC(=O)N[C@@H](c2ccc(C(F)(F)F)cc2)c2ncccc2C(F)(F)F)c1.O=C(O)C(F)(F)F. The lowest BCUT2D eigenvalue weighted by Crippen LogP contribution is -2.35. The summed E-state index contributed by atoms with van der Waals surface area (Å²) < 4.78 is 111. The highest BCUT2D eigenvalue weighted by Gasteiger charge is 2.39. The molecule has 0 aliphatic rings. The number of amides is 2. The number of halogens is 9. The van der Waals surface area contributed by atoms with E-state index in [0.717, 1.165) is 53.7 Å². The molecule has 6 nitrogen and oxygen atoms in total. The first kappa shape index (κ1) is 31.9. The van der Waals surface area contributed by atoms with E-state index in [1.54, 1.807) is 12.1 Å². The van der Waals surface area contributed by atoms with Gasteiger partial charge in [0, 0.05) is 11.9 Å². The van der Waals surface area contributed by atoms with E-state index in [1.165, 1.54) is 0 Å². The summed E-state index contributed by atoms with van der Waals surface area (Å²) in [5.41, 5.74) is -0.498. The lowest BCUT2D eigenvalue weighted by molar-refractivity contribution is -0.192. The van der Waals surface area contributed by atoms with E-state index in [1.807, 2.05) is 19.9 Å². The van der Waals surface area contributed by atoms with Gasteiger partial charge in [0.05, 0.1) is 22.9 Å². The summed E-state index contributed by atoms with van der Waals surface area (Å²) >= 11 is 0. The summed E-state index contributed by atoms with van der Waals surface area (Å²) in [4.78, 5) is 25.4. The van der Waals surface area contributed by atoms with Crippen molar-refractivity contribution in [3.05, 3.63) is 94.3 Å². The van der Waals surface area contributed by atoms with E-state index in [-0.39, 0.29) is 5.56 Å². The van der Waals surface area contributed by atoms with Gasteiger partial charge in [0.2, 0.25) is 0 Å². The Hall–Kier alpha value is -4.30. The van der Waals surface area contributed by atoms with Crippen LogP contribution in [0.25, 0.3) is 0 Å². The number of carbonyl (C=O) groups excluding carboxylic acids is 1. The number of carboxylic acids is 1. The minimum atomic E-state index is -5.08. The Morgan fingerprint density at radius 2 is 1.35 bits per heavy atom. The number of hydrogen-bond acceptors (Lipinski definition) is 3. The van der Waals surface area contributed by atoms with Crippen molar-refractivity contribution in [3.63, 3.8) is 0 Å². The number of carboxylic acid groups (broad SMARTS) is 1. The largest absolute Gasteiger partial charge is 0.490 e. The molecule has 0 bridgehead atoms. The fraction of sp³-hybridized carbons (Fsp3) is 0.240. The first-order chi connectivity index (χ1) is 18.3. The Labute approximate surface area is 220 Å². The Kier molecular flexibility index (Phi) is 9.78. The highest BCUT2D eigenvalue weighted by atomic mass is 19.4. The van der Waals surface area contributed by atoms with Crippen LogP contribution in [0.2, 0.25) is 0 Å². The van der Waals surface area contributed by atoms with Crippen LogP contribution in [0.1, 0.15) is 39.6 Å². The number of nitrogens with zero attached hydrogens (tertiary/aromatic N) is 1. The molecule has 0 aliphatic carbocycles. The quantitative estimate of drug-likeness (QED) is 0.283. The predicted octanol–water partition coefficient (Wildman–Crippen LogP) is 7.28. The second kappa shape index (κ2) is 12.3. The number of anilines is 1. The summed E-state index contributed by atoms with van der Waals surface area (Å²) in [6, 6.07) is 8.29. The highest BCUT2D eigenvalue weighted by Crippen LogP contribution is 2.36. The maximum absolute atomic E-state index is 13.6. The normalized spacial score (nSPS) is 12.6. The smallest absolute Gasteiger partial charge is 0.475 e. The summed E-state index contributed by atoms with van der Waals surface area (Å²) in [6.45, 7) is 3.62. The van der Waals surface area contributed by atoms with Crippen LogP contribution in [0.3, 0.4) is 0 Å². The van der Waals surface area contributed by atoms with Crippen LogP contribution < -0.4 is 10.6 Å². The molecule has 15 heteroatoms. The molecule has 216 valence electrons. The van der Waals surface area contributed by atoms with Crippen LogP contribution in [0.4, 0.5) is 50.0 Å². The summed E-state index contributed by atoms with van der Waals surface area (Å²) in [6.07, 6.45) is -13.4. The topological polar surface area (TPSA) is 91.3 Å². The van der Waals surface area contributed by atoms with Crippen LogP contribution in [-0.4, -0.2) is 28.3 Å². The van der Waals surface area contributed by atoms with Crippen LogP contribution in [0.15, 0.2) is 60.8 Å². The molecule has 1 heterocycles. The third kappa shape index (κ3) is 9.17. The van der Waals surface area contributed by atoms with E-state index in [2.05, 4.69) is 15.6 Å². The van der Waals surface area contributed by atoms with Gasteiger partial charge in [0.25, 0.3) is 0 Å². The number of benzene rings is 2. The standard InChI is InChI=1S/C23H19F6N3O.C2HF3O2/c1-13-10-14(2)12-17(11-13)31-21(33)32-19(15-5-7-16(8-6-15)22(24,25)26)20-18(23(27,28)29)4-3-9-30-20;3-2(4,5)1(6)7/h3-12,19H,1-2H3,(H2,31,32,33);(H,6,7)/t19-;/m0./s1. The molecular formula is C25H20F9N3O3. The maximum Gasteiger partial charge on any atom is 0.490 e. The second-order valence-electron chi connectivity index (χ2n) is 8.26. The van der Waals surface area contributed by atoms with Crippen LogP contribution in [0, 0.1) is 13.8 Å². The Balaban J connectivity index is 0.000000708. The van der Waals surface area contributed by atoms with E-state index in [0.29, 0.717) is 5.69 Å². The van der Waals surface area contributed by atoms with Gasteiger partial charge < -0.3 is 15.7 Å². The second-order valence-corrected chi connectivity index (χ2v) is 8.26. The third-order valence-electron chi connectivity index (χ3n) is 4.99. The number of carbonyl (C=O) groups is 2. The zero-order chi connectivity index (χ0) is 30.5. The van der Waals surface area contributed by atoms with Crippen molar-refractivity contribution >= 4 is 17.7 Å². The Morgan fingerprint density at radius 1 is 0.825 bits per heavy atom. The molecule has 0 unspecified atom stereocenters.